The lowest BCUT2D eigenvalue weighted by Gasteiger charge is -2.16. The molecule has 0 aliphatic heterocycles. The lowest BCUT2D eigenvalue weighted by Crippen LogP contribution is -2.33. The van der Waals surface area contributed by atoms with E-state index in [0.717, 1.165) is 11.1 Å². The van der Waals surface area contributed by atoms with Crippen LogP contribution in [0.3, 0.4) is 0 Å². The van der Waals surface area contributed by atoms with Crippen molar-refractivity contribution in [3.63, 3.8) is 0 Å². The second-order valence-corrected chi connectivity index (χ2v) is 5.38. The van der Waals surface area contributed by atoms with Gasteiger partial charge in [0.05, 0.1) is 0 Å². The Morgan fingerprint density at radius 2 is 1.87 bits per heavy atom. The van der Waals surface area contributed by atoms with Crippen LogP contribution in [-0.4, -0.2) is 26.1 Å². The molecule has 3 aromatic rings. The van der Waals surface area contributed by atoms with Crippen molar-refractivity contribution >= 4 is 17.5 Å². The van der Waals surface area contributed by atoms with Crippen molar-refractivity contribution in [1.82, 2.24) is 25.5 Å². The summed E-state index contributed by atoms with van der Waals surface area (Å²) in [7, 11) is 0. The van der Waals surface area contributed by atoms with Crippen LogP contribution in [0, 0.1) is 0 Å². The van der Waals surface area contributed by atoms with Gasteiger partial charge in [0, 0.05) is 11.6 Å². The summed E-state index contributed by atoms with van der Waals surface area (Å²) in [5.41, 5.74) is 1.78. The van der Waals surface area contributed by atoms with Crippen LogP contribution in [0.4, 0.5) is 0 Å². The Kier molecular flexibility index (Phi) is 4.63. The van der Waals surface area contributed by atoms with Gasteiger partial charge < -0.3 is 5.32 Å². The molecule has 116 valence electrons. The Labute approximate surface area is 138 Å². The molecule has 0 aliphatic rings. The van der Waals surface area contributed by atoms with Crippen molar-refractivity contribution in [1.29, 1.82) is 0 Å². The molecule has 7 heteroatoms. The molecular weight excluding hydrogens is 314 g/mol. The van der Waals surface area contributed by atoms with Crippen LogP contribution in [0.15, 0.2) is 60.9 Å². The van der Waals surface area contributed by atoms with E-state index in [1.165, 1.54) is 11.0 Å². The van der Waals surface area contributed by atoms with Crippen LogP contribution < -0.4 is 5.32 Å². The number of benzene rings is 2. The number of aromatic nitrogens is 4. The number of amides is 1. The number of tetrazole rings is 1. The van der Waals surface area contributed by atoms with E-state index in [9.17, 15) is 4.79 Å². The first kappa shape index (κ1) is 15.2. The van der Waals surface area contributed by atoms with Crippen LogP contribution >= 0.6 is 11.6 Å². The molecule has 3 rings (SSSR count). The van der Waals surface area contributed by atoms with E-state index in [1.807, 2.05) is 42.5 Å². The van der Waals surface area contributed by atoms with Crippen LogP contribution in [-0.2, 0) is 11.3 Å². The number of hydrogen-bond donors (Lipinski definition) is 1. The molecule has 2 aromatic carbocycles. The van der Waals surface area contributed by atoms with Crippen LogP contribution in [0.5, 0.6) is 0 Å². The van der Waals surface area contributed by atoms with Gasteiger partial charge in [-0.3, -0.25) is 4.79 Å². The minimum atomic E-state index is -0.612. The zero-order valence-corrected chi connectivity index (χ0v) is 12.9. The maximum absolute atomic E-state index is 12.6. The molecule has 0 saturated heterocycles. The van der Waals surface area contributed by atoms with Crippen LogP contribution in [0.25, 0.3) is 0 Å². The second kappa shape index (κ2) is 7.02. The van der Waals surface area contributed by atoms with E-state index in [1.54, 1.807) is 12.1 Å². The Bertz CT molecular complexity index is 759. The van der Waals surface area contributed by atoms with E-state index in [0.29, 0.717) is 11.6 Å². The first-order valence-electron chi connectivity index (χ1n) is 7.03. The molecule has 1 amide bonds. The standard InChI is InChI=1S/C16H14ClN5O/c17-14-8-6-12(7-9-14)10-18-16(23)15(22-11-19-20-21-22)13-4-2-1-3-5-13/h1-9,11,15H,10H2,(H,18,23)/t15-/m1/s1. The SMILES string of the molecule is O=C(NCc1ccc(Cl)cc1)[C@@H](c1ccccc1)n1cnnn1. The fraction of sp³-hybridized carbons (Fsp3) is 0.125. The largest absolute Gasteiger partial charge is 0.350 e. The molecule has 23 heavy (non-hydrogen) atoms. The van der Waals surface area contributed by atoms with Gasteiger partial charge in [-0.15, -0.1) is 5.10 Å². The van der Waals surface area contributed by atoms with Gasteiger partial charge in [0.25, 0.3) is 0 Å². The highest BCUT2D eigenvalue weighted by Gasteiger charge is 2.23. The summed E-state index contributed by atoms with van der Waals surface area (Å²) in [5.74, 6) is -0.182. The average Bonchev–Trinajstić information content (AvgIpc) is 3.10. The minimum Gasteiger partial charge on any atom is -0.350 e. The van der Waals surface area contributed by atoms with Gasteiger partial charge in [0.2, 0.25) is 5.91 Å². The first-order valence-corrected chi connectivity index (χ1v) is 7.41. The third-order valence-corrected chi connectivity index (χ3v) is 3.63. The van der Waals surface area contributed by atoms with Crippen LogP contribution in [0.1, 0.15) is 17.2 Å². The number of carbonyl (C=O) groups excluding carboxylic acids is 1. The third-order valence-electron chi connectivity index (χ3n) is 3.37. The molecule has 0 fully saturated rings. The first-order chi connectivity index (χ1) is 11.2. The zero-order valence-electron chi connectivity index (χ0n) is 12.1. The summed E-state index contributed by atoms with van der Waals surface area (Å²) in [5, 5.41) is 14.7. The summed E-state index contributed by atoms with van der Waals surface area (Å²) in [6, 6.07) is 16.1. The highest BCUT2D eigenvalue weighted by molar-refractivity contribution is 6.30. The van der Waals surface area contributed by atoms with Gasteiger partial charge >= 0.3 is 0 Å². The lowest BCUT2D eigenvalue weighted by atomic mass is 10.1. The minimum absolute atomic E-state index is 0.182. The smallest absolute Gasteiger partial charge is 0.249 e. The van der Waals surface area contributed by atoms with Crippen molar-refractivity contribution in [2.24, 2.45) is 0 Å². The number of halogens is 1. The highest BCUT2D eigenvalue weighted by atomic mass is 35.5. The number of nitrogens with one attached hydrogen (secondary N) is 1. The topological polar surface area (TPSA) is 72.7 Å². The maximum atomic E-state index is 12.6. The second-order valence-electron chi connectivity index (χ2n) is 4.95. The zero-order chi connectivity index (χ0) is 16.1. The van der Waals surface area contributed by atoms with Gasteiger partial charge in [0.1, 0.15) is 6.33 Å². The van der Waals surface area contributed by atoms with Crippen molar-refractivity contribution in [3.05, 3.63) is 77.1 Å². The molecule has 1 atom stereocenters. The Balaban J connectivity index is 1.77. The van der Waals surface area contributed by atoms with E-state index < -0.39 is 6.04 Å². The quantitative estimate of drug-likeness (QED) is 0.780. The molecule has 0 aliphatic carbocycles. The Morgan fingerprint density at radius 1 is 1.13 bits per heavy atom. The van der Waals surface area contributed by atoms with Crippen molar-refractivity contribution in [2.75, 3.05) is 0 Å². The third kappa shape index (κ3) is 3.73. The lowest BCUT2D eigenvalue weighted by molar-refractivity contribution is -0.123. The van der Waals surface area contributed by atoms with E-state index in [4.69, 9.17) is 11.6 Å². The summed E-state index contributed by atoms with van der Waals surface area (Å²) in [4.78, 5) is 12.6. The van der Waals surface area contributed by atoms with Gasteiger partial charge in [-0.25, -0.2) is 4.68 Å². The van der Waals surface area contributed by atoms with E-state index in [-0.39, 0.29) is 5.91 Å². The summed E-state index contributed by atoms with van der Waals surface area (Å²) in [6.45, 7) is 0.404. The fourth-order valence-corrected chi connectivity index (χ4v) is 2.36. The van der Waals surface area contributed by atoms with Gasteiger partial charge in [-0.05, 0) is 33.7 Å². The predicted molar refractivity (Wildman–Crippen MR) is 85.7 cm³/mol. The molecule has 1 aromatic heterocycles. The number of nitrogens with zero attached hydrogens (tertiary/aromatic N) is 4. The molecule has 0 radical (unpaired) electrons. The summed E-state index contributed by atoms with van der Waals surface area (Å²) < 4.78 is 1.44. The molecule has 0 unspecified atom stereocenters. The summed E-state index contributed by atoms with van der Waals surface area (Å²) in [6.07, 6.45) is 1.43. The monoisotopic (exact) mass is 327 g/mol. The van der Waals surface area contributed by atoms with Gasteiger partial charge in [-0.2, -0.15) is 0 Å². The average molecular weight is 328 g/mol. The molecule has 0 spiro atoms. The van der Waals surface area contributed by atoms with Gasteiger partial charge in [-0.1, -0.05) is 54.1 Å². The summed E-state index contributed by atoms with van der Waals surface area (Å²) >= 11 is 5.86. The number of carbonyl (C=O) groups is 1. The van der Waals surface area contributed by atoms with Crippen molar-refractivity contribution in [3.8, 4) is 0 Å². The Hall–Kier alpha value is -2.73. The van der Waals surface area contributed by atoms with Crippen molar-refractivity contribution in [2.45, 2.75) is 12.6 Å². The molecule has 6 nitrogen and oxygen atoms in total. The van der Waals surface area contributed by atoms with Gasteiger partial charge in [0.15, 0.2) is 6.04 Å². The number of rotatable bonds is 5. The fourth-order valence-electron chi connectivity index (χ4n) is 2.23. The molecule has 1 heterocycles. The highest BCUT2D eigenvalue weighted by Crippen LogP contribution is 2.17. The number of hydrogen-bond acceptors (Lipinski definition) is 4. The molecule has 1 N–H and O–H groups in total. The molecular formula is C16H14ClN5O. The van der Waals surface area contributed by atoms with Crippen molar-refractivity contribution < 1.29 is 4.79 Å². The molecule has 0 bridgehead atoms. The molecule has 0 saturated carbocycles. The Morgan fingerprint density at radius 3 is 2.52 bits per heavy atom. The predicted octanol–water partition coefficient (Wildman–Crippen LogP) is 2.23. The van der Waals surface area contributed by atoms with E-state index >= 15 is 0 Å². The van der Waals surface area contributed by atoms with E-state index in [2.05, 4.69) is 20.8 Å². The maximum Gasteiger partial charge on any atom is 0.249 e. The normalized spacial score (nSPS) is 11.9. The van der Waals surface area contributed by atoms with Crippen LogP contribution in [0.2, 0.25) is 5.02 Å².